The number of rotatable bonds is 5. The summed E-state index contributed by atoms with van der Waals surface area (Å²) in [5.41, 5.74) is 4.62. The Bertz CT molecular complexity index is 1130. The van der Waals surface area contributed by atoms with Gasteiger partial charge in [0.15, 0.2) is 0 Å². The number of pyridine rings is 2. The number of nitrogens with one attached hydrogen (secondary N) is 2. The molecule has 0 radical (unpaired) electrons. The van der Waals surface area contributed by atoms with Gasteiger partial charge in [0.05, 0.1) is 5.69 Å². The number of benzene rings is 1. The molecule has 4 rings (SSSR count). The number of anilines is 3. The molecule has 0 atom stereocenters. The number of aryl methyl sites for hydroxylation is 1. The van der Waals surface area contributed by atoms with Crippen molar-refractivity contribution in [1.29, 1.82) is 0 Å². The Morgan fingerprint density at radius 1 is 0.897 bits per heavy atom. The summed E-state index contributed by atoms with van der Waals surface area (Å²) in [5.74, 6) is 0.456. The zero-order valence-corrected chi connectivity index (χ0v) is 15.7. The van der Waals surface area contributed by atoms with Crippen molar-refractivity contribution in [2.75, 3.05) is 10.6 Å². The van der Waals surface area contributed by atoms with E-state index in [9.17, 15) is 4.79 Å². The number of carbonyl (C=O) groups is 1. The van der Waals surface area contributed by atoms with Gasteiger partial charge in [0.1, 0.15) is 12.1 Å². The lowest BCUT2D eigenvalue weighted by atomic mass is 10.1. The average Bonchev–Trinajstić information content (AvgIpc) is 2.77. The standard InChI is InChI=1S/C22H18N6O/c1-15-4-5-16(22(29)27-17-6-10-23-11-7-17)13-20(15)28-21-18(3-2-9-25-21)19-8-12-24-14-26-19/h2-14H,1H3,(H,25,28)(H,23,27,29). The molecule has 0 aliphatic heterocycles. The zero-order chi connectivity index (χ0) is 20.1. The Morgan fingerprint density at radius 2 is 1.72 bits per heavy atom. The van der Waals surface area contributed by atoms with Crippen LogP contribution >= 0.6 is 0 Å². The zero-order valence-electron chi connectivity index (χ0n) is 15.7. The van der Waals surface area contributed by atoms with Crippen molar-refractivity contribution in [2.45, 2.75) is 6.92 Å². The minimum absolute atomic E-state index is 0.198. The highest BCUT2D eigenvalue weighted by Gasteiger charge is 2.12. The smallest absolute Gasteiger partial charge is 0.255 e. The molecule has 4 aromatic rings. The van der Waals surface area contributed by atoms with E-state index in [1.165, 1.54) is 6.33 Å². The van der Waals surface area contributed by atoms with Crippen molar-refractivity contribution >= 4 is 23.1 Å². The second kappa shape index (κ2) is 8.26. The first-order valence-corrected chi connectivity index (χ1v) is 9.01. The van der Waals surface area contributed by atoms with Gasteiger partial charge in [-0.05, 0) is 55.0 Å². The molecule has 3 heterocycles. The van der Waals surface area contributed by atoms with Gasteiger partial charge in [-0.25, -0.2) is 15.0 Å². The van der Waals surface area contributed by atoms with E-state index in [1.807, 2.05) is 37.3 Å². The van der Waals surface area contributed by atoms with Gasteiger partial charge in [-0.2, -0.15) is 0 Å². The van der Waals surface area contributed by atoms with E-state index in [0.29, 0.717) is 17.1 Å². The fraction of sp³-hybridized carbons (Fsp3) is 0.0455. The third-order valence-corrected chi connectivity index (χ3v) is 4.36. The first-order valence-electron chi connectivity index (χ1n) is 9.01. The van der Waals surface area contributed by atoms with Gasteiger partial charge in [-0.3, -0.25) is 9.78 Å². The lowest BCUT2D eigenvalue weighted by molar-refractivity contribution is 0.102. The summed E-state index contributed by atoms with van der Waals surface area (Å²) in [5, 5.41) is 6.20. The Balaban J connectivity index is 1.62. The summed E-state index contributed by atoms with van der Waals surface area (Å²) in [7, 11) is 0. The second-order valence-corrected chi connectivity index (χ2v) is 6.34. The van der Waals surface area contributed by atoms with Crippen LogP contribution in [0, 0.1) is 6.92 Å². The molecule has 2 N–H and O–H groups in total. The minimum atomic E-state index is -0.198. The molecule has 0 bridgehead atoms. The molecule has 29 heavy (non-hydrogen) atoms. The summed E-state index contributed by atoms with van der Waals surface area (Å²) in [4.78, 5) is 29.3. The summed E-state index contributed by atoms with van der Waals surface area (Å²) < 4.78 is 0. The first kappa shape index (κ1) is 18.2. The van der Waals surface area contributed by atoms with E-state index < -0.39 is 0 Å². The van der Waals surface area contributed by atoms with Gasteiger partial charge in [-0.1, -0.05) is 6.07 Å². The third kappa shape index (κ3) is 4.24. The second-order valence-electron chi connectivity index (χ2n) is 6.34. The molecule has 1 aromatic carbocycles. The Hall–Kier alpha value is -4.13. The third-order valence-electron chi connectivity index (χ3n) is 4.36. The predicted octanol–water partition coefficient (Wildman–Crippen LogP) is 4.24. The SMILES string of the molecule is Cc1ccc(C(=O)Nc2ccncc2)cc1Nc1ncccc1-c1ccncn1. The Kier molecular flexibility index (Phi) is 5.20. The maximum Gasteiger partial charge on any atom is 0.255 e. The van der Waals surface area contributed by atoms with Gasteiger partial charge < -0.3 is 10.6 Å². The number of nitrogens with zero attached hydrogens (tertiary/aromatic N) is 4. The van der Waals surface area contributed by atoms with Crippen LogP contribution in [-0.2, 0) is 0 Å². The van der Waals surface area contributed by atoms with E-state index in [2.05, 4.69) is 30.6 Å². The van der Waals surface area contributed by atoms with Crippen LogP contribution in [-0.4, -0.2) is 25.8 Å². The molecule has 7 heteroatoms. The average molecular weight is 382 g/mol. The normalized spacial score (nSPS) is 10.4. The number of hydrogen-bond acceptors (Lipinski definition) is 6. The summed E-state index contributed by atoms with van der Waals surface area (Å²) in [6.07, 6.45) is 8.17. The number of aromatic nitrogens is 4. The molecule has 1 amide bonds. The lowest BCUT2D eigenvalue weighted by Gasteiger charge is -2.14. The topological polar surface area (TPSA) is 92.7 Å². The van der Waals surface area contributed by atoms with Crippen molar-refractivity contribution < 1.29 is 4.79 Å². The van der Waals surface area contributed by atoms with E-state index in [1.54, 1.807) is 43.0 Å². The van der Waals surface area contributed by atoms with Crippen LogP contribution in [0.25, 0.3) is 11.3 Å². The van der Waals surface area contributed by atoms with Gasteiger partial charge in [-0.15, -0.1) is 0 Å². The van der Waals surface area contributed by atoms with E-state index in [4.69, 9.17) is 0 Å². The lowest BCUT2D eigenvalue weighted by Crippen LogP contribution is -2.12. The summed E-state index contributed by atoms with van der Waals surface area (Å²) >= 11 is 0. The van der Waals surface area contributed by atoms with Crippen LogP contribution in [0.5, 0.6) is 0 Å². The molecule has 142 valence electrons. The molecular formula is C22H18N6O. The van der Waals surface area contributed by atoms with Crippen molar-refractivity contribution in [2.24, 2.45) is 0 Å². The number of hydrogen-bond donors (Lipinski definition) is 2. The molecule has 0 aliphatic rings. The molecule has 0 saturated heterocycles. The first-order chi connectivity index (χ1) is 14.2. The van der Waals surface area contributed by atoms with Crippen molar-refractivity contribution in [3.05, 3.63) is 90.8 Å². The molecule has 0 unspecified atom stereocenters. The quantitative estimate of drug-likeness (QED) is 0.536. The molecule has 0 fully saturated rings. The molecule has 0 spiro atoms. The van der Waals surface area contributed by atoms with Crippen LogP contribution in [0.15, 0.2) is 79.6 Å². The van der Waals surface area contributed by atoms with E-state index in [-0.39, 0.29) is 5.91 Å². The monoisotopic (exact) mass is 382 g/mol. The van der Waals surface area contributed by atoms with Gasteiger partial charge in [0.2, 0.25) is 0 Å². The van der Waals surface area contributed by atoms with E-state index >= 15 is 0 Å². The van der Waals surface area contributed by atoms with Crippen molar-refractivity contribution in [1.82, 2.24) is 19.9 Å². The highest BCUT2D eigenvalue weighted by Crippen LogP contribution is 2.28. The molecule has 0 saturated carbocycles. The fourth-order valence-electron chi connectivity index (χ4n) is 2.83. The van der Waals surface area contributed by atoms with E-state index in [0.717, 1.165) is 22.5 Å². The minimum Gasteiger partial charge on any atom is -0.339 e. The largest absolute Gasteiger partial charge is 0.339 e. The summed E-state index contributed by atoms with van der Waals surface area (Å²) in [6, 6.07) is 14.6. The fourth-order valence-corrected chi connectivity index (χ4v) is 2.83. The van der Waals surface area contributed by atoms with Crippen LogP contribution in [0.3, 0.4) is 0 Å². The predicted molar refractivity (Wildman–Crippen MR) is 112 cm³/mol. The van der Waals surface area contributed by atoms with Crippen LogP contribution in [0.1, 0.15) is 15.9 Å². The highest BCUT2D eigenvalue weighted by molar-refractivity contribution is 6.05. The van der Waals surface area contributed by atoms with Gasteiger partial charge in [0.25, 0.3) is 5.91 Å². The van der Waals surface area contributed by atoms with Crippen molar-refractivity contribution in [3.8, 4) is 11.3 Å². The highest BCUT2D eigenvalue weighted by atomic mass is 16.1. The maximum atomic E-state index is 12.6. The molecule has 7 nitrogen and oxygen atoms in total. The van der Waals surface area contributed by atoms with Crippen LogP contribution in [0.4, 0.5) is 17.2 Å². The Morgan fingerprint density at radius 3 is 2.52 bits per heavy atom. The molecule has 0 aliphatic carbocycles. The van der Waals surface area contributed by atoms with Crippen molar-refractivity contribution in [3.63, 3.8) is 0 Å². The van der Waals surface area contributed by atoms with Gasteiger partial charge in [0, 0.05) is 47.3 Å². The number of carbonyl (C=O) groups excluding carboxylic acids is 1. The van der Waals surface area contributed by atoms with Crippen LogP contribution in [0.2, 0.25) is 0 Å². The van der Waals surface area contributed by atoms with Crippen LogP contribution < -0.4 is 10.6 Å². The molecule has 3 aromatic heterocycles. The maximum absolute atomic E-state index is 12.6. The number of amides is 1. The Labute approximate surface area is 167 Å². The summed E-state index contributed by atoms with van der Waals surface area (Å²) in [6.45, 7) is 1.97. The molecular weight excluding hydrogens is 364 g/mol. The van der Waals surface area contributed by atoms with Gasteiger partial charge >= 0.3 is 0 Å².